The molecule has 6 heteroatoms. The van der Waals surface area contributed by atoms with Crippen molar-refractivity contribution in [3.05, 3.63) is 71.0 Å². The first-order valence-electron chi connectivity index (χ1n) is 10.8. The molecule has 0 saturated carbocycles. The van der Waals surface area contributed by atoms with Crippen molar-refractivity contribution in [2.75, 3.05) is 13.2 Å². The molecular formula is C25H31FN2O3. The molecule has 31 heavy (non-hydrogen) atoms. The van der Waals surface area contributed by atoms with E-state index in [0.29, 0.717) is 18.6 Å². The maximum atomic E-state index is 13.1. The number of amides is 2. The van der Waals surface area contributed by atoms with Gasteiger partial charge in [0, 0.05) is 31.2 Å². The van der Waals surface area contributed by atoms with Crippen molar-refractivity contribution in [3.8, 4) is 0 Å². The summed E-state index contributed by atoms with van der Waals surface area (Å²) in [6, 6.07) is 13.8. The molecule has 5 nitrogen and oxygen atoms in total. The van der Waals surface area contributed by atoms with E-state index in [4.69, 9.17) is 4.74 Å². The second kappa shape index (κ2) is 10.1. The van der Waals surface area contributed by atoms with Gasteiger partial charge in [-0.2, -0.15) is 0 Å². The summed E-state index contributed by atoms with van der Waals surface area (Å²) in [4.78, 5) is 24.6. The van der Waals surface area contributed by atoms with Crippen LogP contribution in [-0.2, 0) is 14.9 Å². The van der Waals surface area contributed by atoms with Crippen molar-refractivity contribution in [3.63, 3.8) is 0 Å². The molecule has 2 atom stereocenters. The molecule has 2 amide bonds. The van der Waals surface area contributed by atoms with Crippen LogP contribution < -0.4 is 10.6 Å². The standard InChI is InChI=1S/C25H31FN2O3/c1-25(2,3)19-8-4-18(5-9-19)24(30)27-14-12-23(29)28-21-13-15-31-22(16-21)17-6-10-20(26)11-7-17/h4-11,21-22H,12-16H2,1-3H3,(H,27,30)(H,28,29)/t21-,22+/m1/s1. The number of nitrogens with one attached hydrogen (secondary N) is 2. The van der Waals surface area contributed by atoms with Gasteiger partial charge in [-0.3, -0.25) is 9.59 Å². The Balaban J connectivity index is 1.42. The van der Waals surface area contributed by atoms with E-state index in [9.17, 15) is 14.0 Å². The fraction of sp³-hybridized carbons (Fsp3) is 0.440. The van der Waals surface area contributed by atoms with Crippen LogP contribution in [0.1, 0.15) is 67.6 Å². The summed E-state index contributed by atoms with van der Waals surface area (Å²) in [5.74, 6) is -0.569. The summed E-state index contributed by atoms with van der Waals surface area (Å²) < 4.78 is 18.9. The third kappa shape index (κ3) is 6.62. The highest BCUT2D eigenvalue weighted by Gasteiger charge is 2.25. The Hall–Kier alpha value is -2.73. The van der Waals surface area contributed by atoms with Crippen molar-refractivity contribution in [1.82, 2.24) is 10.6 Å². The zero-order chi connectivity index (χ0) is 22.4. The van der Waals surface area contributed by atoms with Gasteiger partial charge in [0.25, 0.3) is 5.91 Å². The summed E-state index contributed by atoms with van der Waals surface area (Å²) in [5, 5.41) is 5.83. The summed E-state index contributed by atoms with van der Waals surface area (Å²) in [6.45, 7) is 7.19. The van der Waals surface area contributed by atoms with Crippen LogP contribution in [-0.4, -0.2) is 31.0 Å². The highest BCUT2D eigenvalue weighted by atomic mass is 19.1. The lowest BCUT2D eigenvalue weighted by Crippen LogP contribution is -2.41. The van der Waals surface area contributed by atoms with Gasteiger partial charge in [0.15, 0.2) is 0 Å². The van der Waals surface area contributed by atoms with Crippen LogP contribution in [0.5, 0.6) is 0 Å². The van der Waals surface area contributed by atoms with E-state index in [1.165, 1.54) is 17.7 Å². The molecule has 0 radical (unpaired) electrons. The molecule has 2 aromatic rings. The van der Waals surface area contributed by atoms with Crippen molar-refractivity contribution in [2.24, 2.45) is 0 Å². The number of halogens is 1. The number of rotatable bonds is 6. The van der Waals surface area contributed by atoms with Gasteiger partial charge < -0.3 is 15.4 Å². The molecular weight excluding hydrogens is 395 g/mol. The maximum absolute atomic E-state index is 13.1. The van der Waals surface area contributed by atoms with Crippen molar-refractivity contribution in [1.29, 1.82) is 0 Å². The summed E-state index contributed by atoms with van der Waals surface area (Å²) in [6.07, 6.45) is 1.43. The van der Waals surface area contributed by atoms with Gasteiger partial charge in [0.05, 0.1) is 6.10 Å². The monoisotopic (exact) mass is 426 g/mol. The first kappa shape index (κ1) is 22.9. The normalized spacial score (nSPS) is 19.0. The Morgan fingerprint density at radius 2 is 1.74 bits per heavy atom. The minimum atomic E-state index is -0.281. The molecule has 1 aliphatic rings. The fourth-order valence-corrected chi connectivity index (χ4v) is 3.65. The molecule has 2 aromatic carbocycles. The summed E-state index contributed by atoms with van der Waals surface area (Å²) in [7, 11) is 0. The van der Waals surface area contributed by atoms with E-state index >= 15 is 0 Å². The van der Waals surface area contributed by atoms with Gasteiger partial charge in [-0.15, -0.1) is 0 Å². The van der Waals surface area contributed by atoms with Crippen LogP contribution in [0.25, 0.3) is 0 Å². The van der Waals surface area contributed by atoms with Crippen molar-refractivity contribution >= 4 is 11.8 Å². The first-order chi connectivity index (χ1) is 14.7. The smallest absolute Gasteiger partial charge is 0.251 e. The molecule has 0 aromatic heterocycles. The van der Waals surface area contributed by atoms with E-state index in [1.54, 1.807) is 12.1 Å². The van der Waals surface area contributed by atoms with Gasteiger partial charge in [-0.05, 0) is 53.6 Å². The minimum absolute atomic E-state index is 0.00283. The second-order valence-corrected chi connectivity index (χ2v) is 9.03. The van der Waals surface area contributed by atoms with Crippen LogP contribution in [0.2, 0.25) is 0 Å². The zero-order valence-electron chi connectivity index (χ0n) is 18.4. The average Bonchev–Trinajstić information content (AvgIpc) is 2.74. The molecule has 0 bridgehead atoms. The average molecular weight is 427 g/mol. The van der Waals surface area contributed by atoms with Crippen molar-refractivity contribution < 1.29 is 18.7 Å². The largest absolute Gasteiger partial charge is 0.373 e. The molecule has 0 aliphatic carbocycles. The lowest BCUT2D eigenvalue weighted by atomic mass is 9.87. The Labute approximate surface area is 183 Å². The van der Waals surface area contributed by atoms with Crippen molar-refractivity contribution in [2.45, 2.75) is 57.6 Å². The Morgan fingerprint density at radius 3 is 2.39 bits per heavy atom. The Kier molecular flexibility index (Phi) is 7.44. The van der Waals surface area contributed by atoms with Crippen LogP contribution in [0.4, 0.5) is 4.39 Å². The highest BCUT2D eigenvalue weighted by molar-refractivity contribution is 5.94. The SMILES string of the molecule is CC(C)(C)c1ccc(C(=O)NCCC(=O)N[C@@H]2CCO[C@H](c3ccc(F)cc3)C2)cc1. The molecule has 1 saturated heterocycles. The topological polar surface area (TPSA) is 67.4 Å². The fourth-order valence-electron chi connectivity index (χ4n) is 3.65. The highest BCUT2D eigenvalue weighted by Crippen LogP contribution is 2.28. The van der Waals surface area contributed by atoms with Crippen LogP contribution in [0, 0.1) is 5.82 Å². The van der Waals surface area contributed by atoms with Gasteiger partial charge in [0.1, 0.15) is 5.82 Å². The van der Waals surface area contributed by atoms with Crippen LogP contribution in [0.15, 0.2) is 48.5 Å². The molecule has 1 fully saturated rings. The number of benzene rings is 2. The van der Waals surface area contributed by atoms with E-state index in [0.717, 1.165) is 12.0 Å². The summed E-state index contributed by atoms with van der Waals surface area (Å²) in [5.41, 5.74) is 2.69. The molecule has 1 heterocycles. The van der Waals surface area contributed by atoms with E-state index in [-0.39, 0.29) is 48.2 Å². The second-order valence-electron chi connectivity index (χ2n) is 9.03. The molecule has 0 unspecified atom stereocenters. The number of carbonyl (C=O) groups is 2. The predicted molar refractivity (Wildman–Crippen MR) is 118 cm³/mol. The van der Waals surface area contributed by atoms with Crippen LogP contribution in [0.3, 0.4) is 0 Å². The quantitative estimate of drug-likeness (QED) is 0.725. The zero-order valence-corrected chi connectivity index (χ0v) is 18.4. The lowest BCUT2D eigenvalue weighted by Gasteiger charge is -2.30. The van der Waals surface area contributed by atoms with E-state index < -0.39 is 0 Å². The van der Waals surface area contributed by atoms with Gasteiger partial charge >= 0.3 is 0 Å². The first-order valence-corrected chi connectivity index (χ1v) is 10.8. The summed E-state index contributed by atoms with van der Waals surface area (Å²) >= 11 is 0. The predicted octanol–water partition coefficient (Wildman–Crippen LogP) is 4.28. The number of hydrogen-bond acceptors (Lipinski definition) is 3. The van der Waals surface area contributed by atoms with E-state index in [1.807, 2.05) is 24.3 Å². The minimum Gasteiger partial charge on any atom is -0.373 e. The number of carbonyl (C=O) groups excluding carboxylic acids is 2. The van der Waals surface area contributed by atoms with Gasteiger partial charge in [0.2, 0.25) is 5.91 Å². The van der Waals surface area contributed by atoms with Gasteiger partial charge in [-0.1, -0.05) is 45.0 Å². The van der Waals surface area contributed by atoms with Gasteiger partial charge in [-0.25, -0.2) is 4.39 Å². The van der Waals surface area contributed by atoms with Crippen LogP contribution >= 0.6 is 0 Å². The maximum Gasteiger partial charge on any atom is 0.251 e. The van der Waals surface area contributed by atoms with E-state index in [2.05, 4.69) is 31.4 Å². The third-order valence-corrected chi connectivity index (χ3v) is 5.54. The lowest BCUT2D eigenvalue weighted by molar-refractivity contribution is -0.122. The third-order valence-electron chi connectivity index (χ3n) is 5.54. The Morgan fingerprint density at radius 1 is 1.06 bits per heavy atom. The molecule has 1 aliphatic heterocycles. The molecule has 166 valence electrons. The number of hydrogen-bond donors (Lipinski definition) is 2. The molecule has 2 N–H and O–H groups in total. The molecule has 0 spiro atoms. The molecule has 3 rings (SSSR count). The number of ether oxygens (including phenoxy) is 1. The Bertz CT molecular complexity index is 888.